The summed E-state index contributed by atoms with van der Waals surface area (Å²) in [6.07, 6.45) is 7.13. The first kappa shape index (κ1) is 13.7. The molecular formula is C13H13NO2W. The van der Waals surface area contributed by atoms with Crippen molar-refractivity contribution in [2.24, 2.45) is 0 Å². The topological polar surface area (TPSA) is 37.4 Å². The van der Waals surface area contributed by atoms with Gasteiger partial charge in [-0.15, -0.1) is 0 Å². The monoisotopic (exact) mass is 399 g/mol. The maximum absolute atomic E-state index is 11.4. The molecule has 4 heteroatoms. The van der Waals surface area contributed by atoms with Gasteiger partial charge in [0.25, 0.3) is 0 Å². The molecule has 0 unspecified atom stereocenters. The number of allylic oxidation sites excluding steroid dienone is 4. The Bertz CT molecular complexity index is 572. The summed E-state index contributed by atoms with van der Waals surface area (Å²) in [6, 6.07) is 0. The zero-order valence-electron chi connectivity index (χ0n) is 9.77. The van der Waals surface area contributed by atoms with Crippen molar-refractivity contribution < 1.29 is 19.4 Å². The molecule has 17 heavy (non-hydrogen) atoms. The molecular weight excluding hydrogens is 386 g/mol. The van der Waals surface area contributed by atoms with Gasteiger partial charge < -0.3 is 0 Å². The molecule has 1 aromatic carbocycles. The van der Waals surface area contributed by atoms with Crippen molar-refractivity contribution in [3.8, 4) is 0 Å². The van der Waals surface area contributed by atoms with E-state index in [1.54, 1.807) is 31.1 Å². The number of hydrogen-bond donors (Lipinski definition) is 0. The molecule has 0 atom stereocenters. The summed E-state index contributed by atoms with van der Waals surface area (Å²) in [4.78, 5) is 24.3. The van der Waals surface area contributed by atoms with Gasteiger partial charge in [0, 0.05) is 0 Å². The summed E-state index contributed by atoms with van der Waals surface area (Å²) in [7, 11) is 3.49. The molecule has 1 aromatic rings. The summed E-state index contributed by atoms with van der Waals surface area (Å²) < 4.78 is 1.97. The fraction of sp³-hybridized carbons (Fsp3) is 0.154. The van der Waals surface area contributed by atoms with Crippen LogP contribution in [-0.4, -0.2) is 18.5 Å². The Morgan fingerprint density at radius 1 is 1.24 bits per heavy atom. The molecule has 0 bridgehead atoms. The predicted molar refractivity (Wildman–Crippen MR) is 69.1 cm³/mol. The summed E-state index contributed by atoms with van der Waals surface area (Å²) in [5.41, 5.74) is 0.880. The minimum absolute atomic E-state index is 0.415. The molecule has 0 radical (unpaired) electrons. The van der Waals surface area contributed by atoms with Gasteiger partial charge in [-0.2, -0.15) is 0 Å². The molecule has 0 aromatic heterocycles. The van der Waals surface area contributed by atoms with E-state index in [0.29, 0.717) is 11.3 Å². The molecule has 0 N–H and O–H groups in total. The van der Waals surface area contributed by atoms with E-state index in [0.717, 1.165) is 5.57 Å². The van der Waals surface area contributed by atoms with Crippen LogP contribution in [0.4, 0.5) is 5.69 Å². The fourth-order valence-corrected chi connectivity index (χ4v) is 1.69. The van der Waals surface area contributed by atoms with Crippen LogP contribution in [0, 0.1) is 0 Å². The average molecular weight is 399 g/mol. The summed E-state index contributed by atoms with van der Waals surface area (Å²) in [6.45, 7) is 3.82. The number of hydrogen-bond acceptors (Lipinski definition) is 3. The Labute approximate surface area is 111 Å². The van der Waals surface area contributed by atoms with E-state index in [9.17, 15) is 9.59 Å². The fourth-order valence-electron chi connectivity index (χ4n) is 1.40. The van der Waals surface area contributed by atoms with Crippen molar-refractivity contribution in [2.45, 2.75) is 0 Å². The van der Waals surface area contributed by atoms with Crippen molar-refractivity contribution in [3.05, 3.63) is 56.4 Å². The first-order chi connectivity index (χ1) is 7.99. The van der Waals surface area contributed by atoms with Crippen LogP contribution in [0.25, 0.3) is 6.08 Å². The second kappa shape index (κ2) is 5.83. The van der Waals surface area contributed by atoms with Gasteiger partial charge in [0.2, 0.25) is 0 Å². The predicted octanol–water partition coefficient (Wildman–Crippen LogP) is 0.823. The number of nitrogens with zero attached hydrogens (tertiary/aromatic N) is 1. The first-order valence-electron chi connectivity index (χ1n) is 4.98. The zero-order valence-corrected chi connectivity index (χ0v) is 12.7. The van der Waals surface area contributed by atoms with Crippen LogP contribution >= 0.6 is 0 Å². The van der Waals surface area contributed by atoms with Crippen LogP contribution in [0.5, 0.6) is 0 Å². The van der Waals surface area contributed by atoms with E-state index in [2.05, 4.69) is 6.58 Å². The van der Waals surface area contributed by atoms with Crippen LogP contribution in [0.1, 0.15) is 5.56 Å². The molecule has 0 saturated carbocycles. The number of rotatable bonds is 5. The van der Waals surface area contributed by atoms with Crippen molar-refractivity contribution >= 4 is 16.2 Å². The van der Waals surface area contributed by atoms with Gasteiger partial charge in [0.1, 0.15) is 0 Å². The molecule has 88 valence electrons. The Morgan fingerprint density at radius 3 is 2.41 bits per heavy atom. The van der Waals surface area contributed by atoms with Gasteiger partial charge in [-0.05, 0) is 0 Å². The minimum atomic E-state index is -0.423. The van der Waals surface area contributed by atoms with Gasteiger partial charge in [0.05, 0.1) is 0 Å². The Hall–Kier alpha value is -1.34. The molecule has 0 aliphatic rings. The van der Waals surface area contributed by atoms with E-state index in [1.807, 2.05) is 16.6 Å². The van der Waals surface area contributed by atoms with Crippen LogP contribution in [0.15, 0.2) is 40.0 Å². The molecule has 0 aliphatic carbocycles. The van der Waals surface area contributed by atoms with Gasteiger partial charge in [-0.3, -0.25) is 0 Å². The third kappa shape index (κ3) is 3.07. The van der Waals surface area contributed by atoms with Crippen molar-refractivity contribution in [1.82, 2.24) is 0 Å². The third-order valence-electron chi connectivity index (χ3n) is 2.22. The Morgan fingerprint density at radius 2 is 1.88 bits per heavy atom. The second-order valence-corrected chi connectivity index (χ2v) is 4.70. The van der Waals surface area contributed by atoms with Gasteiger partial charge in [0.15, 0.2) is 0 Å². The van der Waals surface area contributed by atoms with E-state index in [-0.39, 0.29) is 0 Å². The molecule has 0 spiro atoms. The van der Waals surface area contributed by atoms with Gasteiger partial charge >= 0.3 is 111 Å². The van der Waals surface area contributed by atoms with Gasteiger partial charge in [-0.1, -0.05) is 0 Å². The molecule has 0 heterocycles. The van der Waals surface area contributed by atoms with Crippen LogP contribution in [0.2, 0.25) is 0 Å². The van der Waals surface area contributed by atoms with Crippen LogP contribution in [0.3, 0.4) is 0 Å². The Kier molecular flexibility index (Phi) is 4.71. The van der Waals surface area contributed by atoms with E-state index in [4.69, 9.17) is 0 Å². The zero-order chi connectivity index (χ0) is 13.0. The van der Waals surface area contributed by atoms with Crippen molar-refractivity contribution in [3.63, 3.8) is 0 Å². The SMILES string of the molecule is C=C(C=C[CH]=[W])C=Cc1c(N(C)C)c(=O)c1=O. The van der Waals surface area contributed by atoms with Crippen molar-refractivity contribution in [1.29, 1.82) is 0 Å². The van der Waals surface area contributed by atoms with Crippen LogP contribution < -0.4 is 15.8 Å². The van der Waals surface area contributed by atoms with E-state index in [1.165, 1.54) is 19.4 Å². The van der Waals surface area contributed by atoms with Crippen LogP contribution in [-0.2, 0) is 19.4 Å². The van der Waals surface area contributed by atoms with Crippen molar-refractivity contribution in [2.75, 3.05) is 19.0 Å². The molecule has 3 nitrogen and oxygen atoms in total. The second-order valence-electron chi connectivity index (χ2n) is 3.72. The summed E-state index contributed by atoms with van der Waals surface area (Å²) >= 11 is 1.37. The Balaban J connectivity index is 2.94. The summed E-state index contributed by atoms with van der Waals surface area (Å²) in [5.74, 6) is 0. The molecule has 1 rings (SSSR count). The molecule has 0 aliphatic heterocycles. The first-order valence-corrected chi connectivity index (χ1v) is 6.68. The molecule has 0 fully saturated rings. The standard InChI is InChI=1S/C13H13NO2.W/c1-5-6-9(2)7-8-10-11(14(3)4)13(16)12(10)15;/h1,5-8H,2H2,3-4H3;. The molecule has 0 amide bonds. The summed E-state index contributed by atoms with van der Waals surface area (Å²) in [5, 5.41) is 0. The quantitative estimate of drug-likeness (QED) is 0.544. The third-order valence-corrected chi connectivity index (χ3v) is 2.79. The van der Waals surface area contributed by atoms with E-state index < -0.39 is 10.9 Å². The average Bonchev–Trinajstić information content (AvgIpc) is 2.29. The normalized spacial score (nSPS) is 11.4. The number of anilines is 1. The van der Waals surface area contributed by atoms with E-state index >= 15 is 0 Å². The molecule has 0 saturated heterocycles. The maximum atomic E-state index is 11.4. The van der Waals surface area contributed by atoms with Gasteiger partial charge in [-0.25, -0.2) is 0 Å².